The summed E-state index contributed by atoms with van der Waals surface area (Å²) in [5.74, 6) is 0.00586. The smallest absolute Gasteiger partial charge is 0.331 e. The molecule has 0 spiro atoms. The Morgan fingerprint density at radius 3 is 2.61 bits per heavy atom. The highest BCUT2D eigenvalue weighted by Gasteiger charge is 2.12. The molecule has 0 aromatic heterocycles. The van der Waals surface area contributed by atoms with E-state index in [2.05, 4.69) is 0 Å². The van der Waals surface area contributed by atoms with Crippen LogP contribution in [0, 0.1) is 0 Å². The summed E-state index contributed by atoms with van der Waals surface area (Å²) in [6, 6.07) is 14.5. The number of benzene rings is 2. The van der Waals surface area contributed by atoms with Crippen LogP contribution in [0.4, 0.5) is 0 Å². The van der Waals surface area contributed by atoms with Gasteiger partial charge in [-0.15, -0.1) is 0 Å². The standard InChI is InChI=1S/C19H20O4/c1-3-17(15-7-5-4-6-8-15)23-19(21)12-10-14-9-11-16(20)18(13-14)22-2/h4-13,17,20H,3H2,1-2H3. The van der Waals surface area contributed by atoms with Crippen LogP contribution >= 0.6 is 0 Å². The fourth-order valence-electron chi connectivity index (χ4n) is 2.20. The number of phenols is 1. The first kappa shape index (κ1) is 16.6. The van der Waals surface area contributed by atoms with Gasteiger partial charge in [-0.05, 0) is 35.8 Å². The first-order chi connectivity index (χ1) is 11.1. The minimum atomic E-state index is -0.409. The van der Waals surface area contributed by atoms with E-state index in [4.69, 9.17) is 9.47 Å². The maximum absolute atomic E-state index is 12.0. The average Bonchev–Trinajstić information content (AvgIpc) is 2.59. The van der Waals surface area contributed by atoms with Crippen LogP contribution in [0.3, 0.4) is 0 Å². The molecule has 0 radical (unpaired) electrons. The average molecular weight is 312 g/mol. The molecule has 2 rings (SSSR count). The van der Waals surface area contributed by atoms with E-state index in [9.17, 15) is 9.90 Å². The Morgan fingerprint density at radius 2 is 1.96 bits per heavy atom. The largest absolute Gasteiger partial charge is 0.504 e. The zero-order valence-electron chi connectivity index (χ0n) is 13.2. The third kappa shape index (κ3) is 4.61. The van der Waals surface area contributed by atoms with E-state index >= 15 is 0 Å². The summed E-state index contributed by atoms with van der Waals surface area (Å²) in [6.45, 7) is 1.97. The molecule has 4 heteroatoms. The second-order valence-electron chi connectivity index (χ2n) is 5.01. The highest BCUT2D eigenvalue weighted by Crippen LogP contribution is 2.27. The summed E-state index contributed by atoms with van der Waals surface area (Å²) < 4.78 is 10.5. The number of rotatable bonds is 6. The first-order valence-corrected chi connectivity index (χ1v) is 7.44. The van der Waals surface area contributed by atoms with E-state index in [1.165, 1.54) is 19.3 Å². The quantitative estimate of drug-likeness (QED) is 0.644. The number of hydrogen-bond acceptors (Lipinski definition) is 4. The molecule has 1 unspecified atom stereocenters. The Balaban J connectivity index is 2.03. The van der Waals surface area contributed by atoms with Crippen molar-refractivity contribution in [3.63, 3.8) is 0 Å². The van der Waals surface area contributed by atoms with Crippen molar-refractivity contribution in [2.45, 2.75) is 19.4 Å². The van der Waals surface area contributed by atoms with Crippen molar-refractivity contribution < 1.29 is 19.4 Å². The normalized spacial score (nSPS) is 12.1. The lowest BCUT2D eigenvalue weighted by Gasteiger charge is -2.15. The molecule has 1 N–H and O–H groups in total. The molecule has 0 saturated heterocycles. The van der Waals surface area contributed by atoms with Gasteiger partial charge in [-0.2, -0.15) is 0 Å². The van der Waals surface area contributed by atoms with E-state index in [0.717, 1.165) is 11.1 Å². The molecule has 23 heavy (non-hydrogen) atoms. The van der Waals surface area contributed by atoms with Crippen LogP contribution in [-0.2, 0) is 9.53 Å². The molecule has 0 amide bonds. The number of esters is 1. The van der Waals surface area contributed by atoms with E-state index in [-0.39, 0.29) is 11.9 Å². The second-order valence-corrected chi connectivity index (χ2v) is 5.01. The van der Waals surface area contributed by atoms with Gasteiger partial charge < -0.3 is 14.6 Å². The van der Waals surface area contributed by atoms with Gasteiger partial charge in [0, 0.05) is 6.08 Å². The highest BCUT2D eigenvalue weighted by atomic mass is 16.5. The third-order valence-electron chi connectivity index (χ3n) is 3.42. The van der Waals surface area contributed by atoms with Crippen molar-refractivity contribution in [2.75, 3.05) is 7.11 Å². The van der Waals surface area contributed by atoms with Crippen molar-refractivity contribution in [1.82, 2.24) is 0 Å². The van der Waals surface area contributed by atoms with Crippen molar-refractivity contribution in [2.24, 2.45) is 0 Å². The predicted molar refractivity (Wildman–Crippen MR) is 89.3 cm³/mol. The summed E-state index contributed by atoms with van der Waals surface area (Å²) in [4.78, 5) is 12.0. The monoisotopic (exact) mass is 312 g/mol. The van der Waals surface area contributed by atoms with Gasteiger partial charge in [0.1, 0.15) is 6.10 Å². The highest BCUT2D eigenvalue weighted by molar-refractivity contribution is 5.87. The van der Waals surface area contributed by atoms with Crippen LogP contribution in [0.15, 0.2) is 54.6 Å². The maximum Gasteiger partial charge on any atom is 0.331 e. The van der Waals surface area contributed by atoms with Crippen LogP contribution in [0.1, 0.15) is 30.6 Å². The van der Waals surface area contributed by atoms with Crippen molar-refractivity contribution >= 4 is 12.0 Å². The Morgan fingerprint density at radius 1 is 1.22 bits per heavy atom. The molecule has 120 valence electrons. The Hall–Kier alpha value is -2.75. The second kappa shape index (κ2) is 8.03. The Kier molecular flexibility index (Phi) is 5.80. The van der Waals surface area contributed by atoms with Gasteiger partial charge in [0.05, 0.1) is 7.11 Å². The summed E-state index contributed by atoms with van der Waals surface area (Å²) in [6.07, 6.45) is 3.44. The van der Waals surface area contributed by atoms with Crippen LogP contribution in [-0.4, -0.2) is 18.2 Å². The lowest BCUT2D eigenvalue weighted by atomic mass is 10.1. The SMILES string of the molecule is CCC(OC(=O)C=Cc1ccc(O)c(OC)c1)c1ccccc1. The van der Waals surface area contributed by atoms with Gasteiger partial charge in [0.25, 0.3) is 0 Å². The topological polar surface area (TPSA) is 55.8 Å². The Labute approximate surface area is 136 Å². The molecule has 0 aliphatic heterocycles. The molecule has 0 aliphatic carbocycles. The molecule has 0 bridgehead atoms. The number of hydrogen-bond donors (Lipinski definition) is 1. The molecule has 1 atom stereocenters. The van der Waals surface area contributed by atoms with Gasteiger partial charge in [0.2, 0.25) is 0 Å². The minimum absolute atomic E-state index is 0.0577. The number of ether oxygens (including phenoxy) is 2. The summed E-state index contributed by atoms with van der Waals surface area (Å²) in [5, 5.41) is 9.55. The molecule has 0 fully saturated rings. The molecule has 4 nitrogen and oxygen atoms in total. The van der Waals surface area contributed by atoms with Gasteiger partial charge in [-0.3, -0.25) is 0 Å². The number of carbonyl (C=O) groups excluding carboxylic acids is 1. The number of carbonyl (C=O) groups is 1. The molecule has 2 aromatic rings. The van der Waals surface area contributed by atoms with Crippen molar-refractivity contribution in [3.8, 4) is 11.5 Å². The molecular formula is C19H20O4. The van der Waals surface area contributed by atoms with Crippen LogP contribution in [0.25, 0.3) is 6.08 Å². The maximum atomic E-state index is 12.0. The summed E-state index contributed by atoms with van der Waals surface area (Å²) in [5.41, 5.74) is 1.72. The van der Waals surface area contributed by atoms with Gasteiger partial charge in [0.15, 0.2) is 11.5 Å². The van der Waals surface area contributed by atoms with Gasteiger partial charge >= 0.3 is 5.97 Å². The van der Waals surface area contributed by atoms with E-state index < -0.39 is 5.97 Å². The molecule has 2 aromatic carbocycles. The first-order valence-electron chi connectivity index (χ1n) is 7.44. The van der Waals surface area contributed by atoms with Crippen molar-refractivity contribution in [1.29, 1.82) is 0 Å². The zero-order valence-corrected chi connectivity index (χ0v) is 13.2. The molecular weight excluding hydrogens is 292 g/mol. The number of aromatic hydroxyl groups is 1. The summed E-state index contributed by atoms with van der Waals surface area (Å²) >= 11 is 0. The molecule has 0 heterocycles. The molecule has 0 saturated carbocycles. The van der Waals surface area contributed by atoms with E-state index in [0.29, 0.717) is 12.2 Å². The Bertz CT molecular complexity index is 677. The van der Waals surface area contributed by atoms with Gasteiger partial charge in [-0.25, -0.2) is 4.79 Å². The minimum Gasteiger partial charge on any atom is -0.504 e. The van der Waals surface area contributed by atoms with Crippen molar-refractivity contribution in [3.05, 3.63) is 65.7 Å². The van der Waals surface area contributed by atoms with E-state index in [1.54, 1.807) is 18.2 Å². The third-order valence-corrected chi connectivity index (χ3v) is 3.42. The van der Waals surface area contributed by atoms with Crippen LogP contribution < -0.4 is 4.74 Å². The zero-order chi connectivity index (χ0) is 16.7. The summed E-state index contributed by atoms with van der Waals surface area (Å²) in [7, 11) is 1.47. The lowest BCUT2D eigenvalue weighted by Crippen LogP contribution is -2.08. The fourth-order valence-corrected chi connectivity index (χ4v) is 2.20. The van der Waals surface area contributed by atoms with Crippen LogP contribution in [0.2, 0.25) is 0 Å². The van der Waals surface area contributed by atoms with Gasteiger partial charge in [-0.1, -0.05) is 43.3 Å². The number of methoxy groups -OCH3 is 1. The number of phenolic OH excluding ortho intramolecular Hbond substituents is 1. The van der Waals surface area contributed by atoms with Crippen LogP contribution in [0.5, 0.6) is 11.5 Å². The predicted octanol–water partition coefficient (Wildman–Crippen LogP) is 4.11. The fraction of sp³-hybridized carbons (Fsp3) is 0.211. The van der Waals surface area contributed by atoms with E-state index in [1.807, 2.05) is 37.3 Å². The lowest BCUT2D eigenvalue weighted by molar-refractivity contribution is -0.143. The molecule has 0 aliphatic rings.